The Kier molecular flexibility index (Phi) is 10.8. The Balaban J connectivity index is 1.62. The Morgan fingerprint density at radius 2 is 1.48 bits per heavy atom. The van der Waals surface area contributed by atoms with Gasteiger partial charge in [-0.2, -0.15) is 0 Å². The summed E-state index contributed by atoms with van der Waals surface area (Å²) in [7, 11) is 0. The number of hydrogen-bond acceptors (Lipinski definition) is 6. The van der Waals surface area contributed by atoms with E-state index in [4.69, 9.17) is 16.3 Å². The van der Waals surface area contributed by atoms with Gasteiger partial charge in [0.05, 0.1) is 22.5 Å². The van der Waals surface area contributed by atoms with Crippen LogP contribution in [0.15, 0.2) is 76.5 Å². The molecular formula is C30H31ClN2O6S. The molecule has 0 aliphatic rings. The fourth-order valence-corrected chi connectivity index (χ4v) is 4.84. The summed E-state index contributed by atoms with van der Waals surface area (Å²) in [5.41, 5.74) is -0.0462. The summed E-state index contributed by atoms with van der Waals surface area (Å²) >= 11 is 7.24. The number of rotatable bonds is 11. The van der Waals surface area contributed by atoms with Crippen LogP contribution in [0.1, 0.15) is 67.2 Å². The molecule has 0 atom stereocenters. The molecule has 0 aliphatic heterocycles. The van der Waals surface area contributed by atoms with Crippen molar-refractivity contribution in [3.8, 4) is 0 Å². The Morgan fingerprint density at radius 1 is 0.850 bits per heavy atom. The molecule has 0 aromatic heterocycles. The standard InChI is InChI=1S/C30H31ClN2O6S/c1-30(2,3)39-29(38)27-23(12-9-13-24(27)40-20-10-5-4-6-11-20)33-26(35)15-8-7-14-25(34)32-22-17-16-19(31)18-21(22)28(36)37/h4-6,9-13,16-18H,7-8,14-15H2,1-3H3,(H,32,34)(H,33,35)(H,36,37). The number of esters is 1. The molecule has 3 N–H and O–H groups in total. The first-order valence-electron chi connectivity index (χ1n) is 12.6. The fourth-order valence-electron chi connectivity index (χ4n) is 3.67. The predicted octanol–water partition coefficient (Wildman–Crippen LogP) is 7.28. The highest BCUT2D eigenvalue weighted by molar-refractivity contribution is 7.99. The first kappa shape index (κ1) is 30.7. The summed E-state index contributed by atoms with van der Waals surface area (Å²) in [6.07, 6.45) is 1.03. The zero-order valence-corrected chi connectivity index (χ0v) is 24.0. The maximum absolute atomic E-state index is 13.2. The molecule has 0 unspecified atom stereocenters. The van der Waals surface area contributed by atoms with Gasteiger partial charge >= 0.3 is 11.9 Å². The summed E-state index contributed by atoms with van der Waals surface area (Å²) in [5, 5.41) is 15.0. The second kappa shape index (κ2) is 14.0. The minimum absolute atomic E-state index is 0.0985. The lowest BCUT2D eigenvalue weighted by molar-refractivity contribution is -0.118. The van der Waals surface area contributed by atoms with Crippen LogP contribution in [0.25, 0.3) is 0 Å². The number of carboxylic acids is 1. The van der Waals surface area contributed by atoms with Crippen molar-refractivity contribution in [3.05, 3.63) is 82.9 Å². The zero-order chi connectivity index (χ0) is 29.3. The average Bonchev–Trinajstić information content (AvgIpc) is 2.87. The summed E-state index contributed by atoms with van der Waals surface area (Å²) < 4.78 is 5.64. The molecule has 0 radical (unpaired) electrons. The van der Waals surface area contributed by atoms with E-state index in [2.05, 4.69) is 10.6 Å². The molecule has 0 aliphatic carbocycles. The lowest BCUT2D eigenvalue weighted by atomic mass is 10.1. The van der Waals surface area contributed by atoms with Gasteiger partial charge in [-0.25, -0.2) is 9.59 Å². The molecule has 0 fully saturated rings. The van der Waals surface area contributed by atoms with Gasteiger partial charge in [0.2, 0.25) is 11.8 Å². The fraction of sp³-hybridized carbons (Fsp3) is 0.267. The van der Waals surface area contributed by atoms with Crippen molar-refractivity contribution < 1.29 is 29.0 Å². The van der Waals surface area contributed by atoms with E-state index in [1.165, 1.54) is 30.0 Å². The lowest BCUT2D eigenvalue weighted by Gasteiger charge is -2.22. The topological polar surface area (TPSA) is 122 Å². The number of carbonyl (C=O) groups is 4. The number of benzene rings is 3. The third-order valence-electron chi connectivity index (χ3n) is 5.42. The van der Waals surface area contributed by atoms with E-state index in [1.54, 1.807) is 32.9 Å². The summed E-state index contributed by atoms with van der Waals surface area (Å²) in [6.45, 7) is 5.34. The maximum Gasteiger partial charge on any atom is 0.341 e. The SMILES string of the molecule is CC(C)(C)OC(=O)c1c(NC(=O)CCCCC(=O)Nc2ccc(Cl)cc2C(=O)O)cccc1Sc1ccccc1. The number of aromatic carboxylic acids is 1. The number of anilines is 2. The largest absolute Gasteiger partial charge is 0.478 e. The van der Waals surface area contributed by atoms with Gasteiger partial charge in [0.15, 0.2) is 0 Å². The van der Waals surface area contributed by atoms with Crippen LogP contribution in [0.4, 0.5) is 11.4 Å². The number of hydrogen-bond donors (Lipinski definition) is 3. The first-order valence-corrected chi connectivity index (χ1v) is 13.8. The van der Waals surface area contributed by atoms with Crippen LogP contribution in [0.2, 0.25) is 5.02 Å². The van der Waals surface area contributed by atoms with Crippen LogP contribution < -0.4 is 10.6 Å². The Labute approximate surface area is 242 Å². The Morgan fingerprint density at radius 3 is 2.08 bits per heavy atom. The van der Waals surface area contributed by atoms with Gasteiger partial charge in [0, 0.05) is 27.7 Å². The number of halogens is 1. The average molecular weight is 583 g/mol. The zero-order valence-electron chi connectivity index (χ0n) is 22.5. The third kappa shape index (κ3) is 9.43. The molecule has 0 saturated heterocycles. The maximum atomic E-state index is 13.2. The molecule has 3 aromatic carbocycles. The van der Waals surface area contributed by atoms with Crippen molar-refractivity contribution in [1.82, 2.24) is 0 Å². The molecule has 0 saturated carbocycles. The van der Waals surface area contributed by atoms with Crippen molar-refractivity contribution in [3.63, 3.8) is 0 Å². The molecule has 210 valence electrons. The minimum atomic E-state index is -1.20. The normalized spacial score (nSPS) is 11.0. The number of amides is 2. The van der Waals surface area contributed by atoms with Crippen LogP contribution in [0.5, 0.6) is 0 Å². The highest BCUT2D eigenvalue weighted by atomic mass is 35.5. The second-order valence-corrected chi connectivity index (χ2v) is 11.4. The molecule has 3 rings (SSSR count). The van der Waals surface area contributed by atoms with Gasteiger partial charge in [-0.1, -0.05) is 47.6 Å². The van der Waals surface area contributed by atoms with Crippen LogP contribution >= 0.6 is 23.4 Å². The van der Waals surface area contributed by atoms with Crippen molar-refractivity contribution in [2.45, 2.75) is 61.8 Å². The molecular weight excluding hydrogens is 552 g/mol. The summed E-state index contributed by atoms with van der Waals surface area (Å²) in [6, 6.07) is 19.0. The first-order chi connectivity index (χ1) is 18.9. The van der Waals surface area contributed by atoms with E-state index in [0.717, 1.165) is 4.90 Å². The summed E-state index contributed by atoms with van der Waals surface area (Å²) in [5.74, 6) is -2.42. The predicted molar refractivity (Wildman–Crippen MR) is 156 cm³/mol. The van der Waals surface area contributed by atoms with E-state index in [9.17, 15) is 24.3 Å². The summed E-state index contributed by atoms with van der Waals surface area (Å²) in [4.78, 5) is 51.3. The highest BCUT2D eigenvalue weighted by Gasteiger charge is 2.24. The van der Waals surface area contributed by atoms with E-state index in [1.807, 2.05) is 36.4 Å². The minimum Gasteiger partial charge on any atom is -0.478 e. The van der Waals surface area contributed by atoms with Gasteiger partial charge in [0.25, 0.3) is 0 Å². The number of carbonyl (C=O) groups excluding carboxylic acids is 3. The van der Waals surface area contributed by atoms with Crippen LogP contribution in [-0.2, 0) is 14.3 Å². The third-order valence-corrected chi connectivity index (χ3v) is 6.72. The van der Waals surface area contributed by atoms with Gasteiger partial charge in [-0.3, -0.25) is 9.59 Å². The monoisotopic (exact) mass is 582 g/mol. The highest BCUT2D eigenvalue weighted by Crippen LogP contribution is 2.35. The van der Waals surface area contributed by atoms with Crippen molar-refractivity contribution in [1.29, 1.82) is 0 Å². The molecule has 10 heteroatoms. The number of unbranched alkanes of at least 4 members (excludes halogenated alkanes) is 1. The molecule has 2 amide bonds. The van der Waals surface area contributed by atoms with Crippen molar-refractivity contribution in [2.75, 3.05) is 10.6 Å². The van der Waals surface area contributed by atoms with Gasteiger partial charge in [0.1, 0.15) is 5.60 Å². The van der Waals surface area contributed by atoms with Crippen LogP contribution in [-0.4, -0.2) is 34.5 Å². The smallest absolute Gasteiger partial charge is 0.341 e. The molecule has 3 aromatic rings. The van der Waals surface area contributed by atoms with Gasteiger partial charge < -0.3 is 20.5 Å². The number of carboxylic acid groups (broad SMARTS) is 1. The molecule has 0 bridgehead atoms. The van der Waals surface area contributed by atoms with E-state index >= 15 is 0 Å². The molecule has 40 heavy (non-hydrogen) atoms. The van der Waals surface area contributed by atoms with Gasteiger partial charge in [-0.15, -0.1) is 0 Å². The molecule has 0 heterocycles. The van der Waals surface area contributed by atoms with Crippen molar-refractivity contribution in [2.24, 2.45) is 0 Å². The Hall–Kier alpha value is -3.82. The van der Waals surface area contributed by atoms with E-state index in [0.29, 0.717) is 23.4 Å². The second-order valence-electron chi connectivity index (χ2n) is 9.89. The Bertz CT molecular complexity index is 1390. The van der Waals surface area contributed by atoms with E-state index in [-0.39, 0.29) is 46.5 Å². The van der Waals surface area contributed by atoms with Crippen LogP contribution in [0.3, 0.4) is 0 Å². The van der Waals surface area contributed by atoms with Gasteiger partial charge in [-0.05, 0) is 76.1 Å². The lowest BCUT2D eigenvalue weighted by Crippen LogP contribution is -2.25. The number of nitrogens with one attached hydrogen (secondary N) is 2. The van der Waals surface area contributed by atoms with Crippen molar-refractivity contribution >= 4 is 58.5 Å². The quantitative estimate of drug-likeness (QED) is 0.160. The number of ether oxygens (including phenoxy) is 1. The molecule has 8 nitrogen and oxygen atoms in total. The van der Waals surface area contributed by atoms with Crippen LogP contribution in [0, 0.1) is 0 Å². The molecule has 0 spiro atoms. The van der Waals surface area contributed by atoms with E-state index < -0.39 is 17.5 Å².